The topological polar surface area (TPSA) is 79.3 Å². The van der Waals surface area contributed by atoms with Crippen molar-refractivity contribution in [1.29, 1.82) is 0 Å². The summed E-state index contributed by atoms with van der Waals surface area (Å²) in [5, 5.41) is 0.597. The van der Waals surface area contributed by atoms with E-state index in [2.05, 4.69) is 4.99 Å². The summed E-state index contributed by atoms with van der Waals surface area (Å²) in [4.78, 5) is 41.8. The van der Waals surface area contributed by atoms with Crippen molar-refractivity contribution in [2.24, 2.45) is 4.99 Å². The average molecular weight is 356 g/mol. The van der Waals surface area contributed by atoms with Gasteiger partial charge in [0.15, 0.2) is 0 Å². The molecule has 120 valence electrons. The molecule has 0 radical (unpaired) electrons. The van der Waals surface area contributed by atoms with E-state index in [1.54, 1.807) is 12.1 Å². The first-order valence-electron chi connectivity index (χ1n) is 6.65. The Morgan fingerprint density at radius 3 is 2.61 bits per heavy atom. The molecule has 1 atom stereocenters. The molecule has 2 amide bonds. The van der Waals surface area contributed by atoms with Gasteiger partial charge in [0.25, 0.3) is 6.23 Å². The molecule has 0 aliphatic carbocycles. The second-order valence-electron chi connectivity index (χ2n) is 5.05. The van der Waals surface area contributed by atoms with E-state index in [1.165, 1.54) is 23.6 Å². The number of aliphatic imine (C=N–C) groups is 1. The van der Waals surface area contributed by atoms with Crippen LogP contribution in [0, 0.1) is 0 Å². The van der Waals surface area contributed by atoms with Gasteiger partial charge in [-0.2, -0.15) is 4.99 Å². The van der Waals surface area contributed by atoms with E-state index >= 15 is 0 Å². The number of halogens is 2. The van der Waals surface area contributed by atoms with Crippen LogP contribution < -0.4 is 4.90 Å². The molecule has 0 saturated heterocycles. The third-order valence-electron chi connectivity index (χ3n) is 3.52. The second kappa shape index (κ2) is 5.50. The van der Waals surface area contributed by atoms with Crippen LogP contribution in [0.15, 0.2) is 17.1 Å². The number of anilines is 1. The van der Waals surface area contributed by atoms with Gasteiger partial charge in [-0.15, -0.1) is 0 Å². The highest BCUT2D eigenvalue weighted by Crippen LogP contribution is 2.40. The number of hydrogen-bond donors (Lipinski definition) is 0. The van der Waals surface area contributed by atoms with Crippen molar-refractivity contribution in [3.05, 3.63) is 27.7 Å². The Morgan fingerprint density at radius 1 is 1.30 bits per heavy atom. The molecule has 2 heterocycles. The number of carbonyl (C=O) groups is 3. The molecule has 1 unspecified atom stereocenters. The van der Waals surface area contributed by atoms with Crippen LogP contribution in [0.3, 0.4) is 0 Å². The van der Waals surface area contributed by atoms with Gasteiger partial charge in [-0.05, 0) is 12.1 Å². The number of benzene rings is 1. The summed E-state index contributed by atoms with van der Waals surface area (Å²) in [6, 6.07) is 3.21. The third kappa shape index (κ3) is 2.46. The van der Waals surface area contributed by atoms with E-state index in [1.807, 2.05) is 0 Å². The largest absolute Gasteiger partial charge is 0.431 e. The number of rotatable bonds is 1. The Balaban J connectivity index is 2.18. The highest BCUT2D eigenvalue weighted by molar-refractivity contribution is 6.43. The lowest BCUT2D eigenvalue weighted by molar-refractivity contribution is -0.151. The van der Waals surface area contributed by atoms with Gasteiger partial charge in [0.05, 0.1) is 22.3 Å². The van der Waals surface area contributed by atoms with Gasteiger partial charge in [0.1, 0.15) is 0 Å². The molecule has 3 rings (SSSR count). The van der Waals surface area contributed by atoms with Gasteiger partial charge >= 0.3 is 11.9 Å². The molecule has 0 spiro atoms. The normalized spacial score (nSPS) is 19.2. The van der Waals surface area contributed by atoms with Crippen LogP contribution in [-0.4, -0.2) is 34.9 Å². The summed E-state index contributed by atoms with van der Waals surface area (Å²) in [7, 11) is 0. The second-order valence-corrected chi connectivity index (χ2v) is 5.83. The predicted molar refractivity (Wildman–Crippen MR) is 83.2 cm³/mol. The molecule has 0 aromatic heterocycles. The molecule has 2 aliphatic heterocycles. The van der Waals surface area contributed by atoms with Gasteiger partial charge in [0.2, 0.25) is 11.9 Å². The van der Waals surface area contributed by atoms with Crippen molar-refractivity contribution in [2.45, 2.75) is 26.6 Å². The lowest BCUT2D eigenvalue weighted by atomic mass is 10.1. The number of amides is 2. The Bertz CT molecular complexity index is 778. The fourth-order valence-electron chi connectivity index (χ4n) is 2.55. The molecule has 0 fully saturated rings. The van der Waals surface area contributed by atoms with E-state index in [0.29, 0.717) is 16.3 Å². The number of hydrogen-bond acceptors (Lipinski definition) is 5. The van der Waals surface area contributed by atoms with E-state index in [4.69, 9.17) is 27.9 Å². The van der Waals surface area contributed by atoms with E-state index in [-0.39, 0.29) is 23.4 Å². The SMILES string of the molecule is CC(=O)OC1C(=O)N=C2N(C(C)=O)Cc3c(ccc(Cl)c3Cl)N21. The van der Waals surface area contributed by atoms with Crippen molar-refractivity contribution in [1.82, 2.24) is 4.90 Å². The number of ether oxygens (including phenoxy) is 1. The third-order valence-corrected chi connectivity index (χ3v) is 4.36. The minimum absolute atomic E-state index is 0.111. The average Bonchev–Trinajstić information content (AvgIpc) is 2.78. The molecule has 1 aromatic carbocycles. The van der Waals surface area contributed by atoms with E-state index < -0.39 is 18.1 Å². The number of guanidine groups is 1. The molecule has 7 nitrogen and oxygen atoms in total. The van der Waals surface area contributed by atoms with Crippen LogP contribution in [0.5, 0.6) is 0 Å². The number of nitrogens with zero attached hydrogens (tertiary/aromatic N) is 3. The highest BCUT2D eigenvalue weighted by Gasteiger charge is 2.46. The molecule has 0 saturated carbocycles. The quantitative estimate of drug-likeness (QED) is 0.719. The molecule has 9 heteroatoms. The lowest BCUT2D eigenvalue weighted by Gasteiger charge is -2.37. The van der Waals surface area contributed by atoms with Crippen molar-refractivity contribution >= 4 is 52.6 Å². The minimum atomic E-state index is -1.26. The van der Waals surface area contributed by atoms with Gasteiger partial charge in [-0.25, -0.2) is 0 Å². The van der Waals surface area contributed by atoms with Crippen LogP contribution in [0.25, 0.3) is 0 Å². The summed E-state index contributed by atoms with van der Waals surface area (Å²) in [6.07, 6.45) is -1.26. The summed E-state index contributed by atoms with van der Waals surface area (Å²) in [6.45, 7) is 2.65. The van der Waals surface area contributed by atoms with Gasteiger partial charge in [-0.3, -0.25) is 24.2 Å². The molecule has 1 aromatic rings. The number of fused-ring (bicyclic) bond motifs is 3. The van der Waals surface area contributed by atoms with Crippen LogP contribution in [0.4, 0.5) is 5.69 Å². The summed E-state index contributed by atoms with van der Waals surface area (Å²) in [5.41, 5.74) is 1.08. The number of esters is 1. The summed E-state index contributed by atoms with van der Waals surface area (Å²) in [5.74, 6) is -1.52. The fourth-order valence-corrected chi connectivity index (χ4v) is 2.94. The maximum absolute atomic E-state index is 12.1. The zero-order chi connectivity index (χ0) is 16.9. The molecule has 23 heavy (non-hydrogen) atoms. The molecule has 0 bridgehead atoms. The van der Waals surface area contributed by atoms with Crippen LogP contribution in [-0.2, 0) is 25.7 Å². The van der Waals surface area contributed by atoms with Crippen molar-refractivity contribution in [3.8, 4) is 0 Å². The van der Waals surface area contributed by atoms with Crippen molar-refractivity contribution in [2.75, 3.05) is 4.90 Å². The van der Waals surface area contributed by atoms with Gasteiger partial charge < -0.3 is 4.74 Å². The first-order chi connectivity index (χ1) is 10.8. The van der Waals surface area contributed by atoms with E-state index in [0.717, 1.165) is 0 Å². The van der Waals surface area contributed by atoms with Crippen LogP contribution >= 0.6 is 23.2 Å². The zero-order valence-electron chi connectivity index (χ0n) is 12.2. The minimum Gasteiger partial charge on any atom is -0.431 e. The Hall–Kier alpha value is -2.12. The maximum atomic E-state index is 12.1. The van der Waals surface area contributed by atoms with Gasteiger partial charge in [0, 0.05) is 19.4 Å². The highest BCUT2D eigenvalue weighted by atomic mass is 35.5. The van der Waals surface area contributed by atoms with Crippen LogP contribution in [0.1, 0.15) is 19.4 Å². The number of carbonyl (C=O) groups excluding carboxylic acids is 3. The van der Waals surface area contributed by atoms with Crippen LogP contribution in [0.2, 0.25) is 10.0 Å². The van der Waals surface area contributed by atoms with E-state index in [9.17, 15) is 14.4 Å². The monoisotopic (exact) mass is 355 g/mol. The first-order valence-corrected chi connectivity index (χ1v) is 7.41. The summed E-state index contributed by atoms with van der Waals surface area (Å²) >= 11 is 12.3. The molecular weight excluding hydrogens is 345 g/mol. The smallest absolute Gasteiger partial charge is 0.312 e. The molecule has 2 aliphatic rings. The predicted octanol–water partition coefficient (Wildman–Crippen LogP) is 1.95. The molecular formula is C14H11Cl2N3O4. The zero-order valence-corrected chi connectivity index (χ0v) is 13.7. The van der Waals surface area contributed by atoms with Crippen molar-refractivity contribution < 1.29 is 19.1 Å². The van der Waals surface area contributed by atoms with Crippen molar-refractivity contribution in [3.63, 3.8) is 0 Å². The summed E-state index contributed by atoms with van der Waals surface area (Å²) < 4.78 is 5.06. The first kappa shape index (κ1) is 15.8. The lowest BCUT2D eigenvalue weighted by Crippen LogP contribution is -2.52. The van der Waals surface area contributed by atoms with Gasteiger partial charge in [-0.1, -0.05) is 23.2 Å². The Morgan fingerprint density at radius 2 is 2.00 bits per heavy atom. The fraction of sp³-hybridized carbons (Fsp3) is 0.286. The Labute approximate surface area is 141 Å². The maximum Gasteiger partial charge on any atom is 0.312 e. The standard InChI is InChI=1S/C14H11Cl2N3O4/c1-6(20)18-5-8-10(4-3-9(15)11(8)16)19-13(23-7(2)21)12(22)17-14(18)19/h3-4,13H,5H2,1-2H3. The molecule has 0 N–H and O–H groups in total. The Kier molecular flexibility index (Phi) is 3.77.